The van der Waals surface area contributed by atoms with E-state index in [2.05, 4.69) is 9.72 Å². The van der Waals surface area contributed by atoms with E-state index in [9.17, 15) is 5.11 Å². The van der Waals surface area contributed by atoms with Crippen LogP contribution in [0.1, 0.15) is 0 Å². The monoisotopic (exact) mass is 313 g/mol. The zero-order valence-corrected chi connectivity index (χ0v) is 11.6. The van der Waals surface area contributed by atoms with Crippen molar-refractivity contribution in [1.82, 2.24) is 4.98 Å². The molecule has 0 saturated carbocycles. The van der Waals surface area contributed by atoms with Crippen LogP contribution in [0.15, 0.2) is 30.5 Å². The normalized spacial score (nSPS) is 31.6. The molecule has 2 aromatic rings. The average molecular weight is 313 g/mol. The lowest BCUT2D eigenvalue weighted by atomic mass is 10.00. The lowest BCUT2D eigenvalue weighted by molar-refractivity contribution is -0.286. The van der Waals surface area contributed by atoms with E-state index in [0.717, 1.165) is 10.9 Å². The molecule has 2 heterocycles. The minimum atomic E-state index is -1.57. The van der Waals surface area contributed by atoms with Gasteiger partial charge in [-0.05, 0) is 12.1 Å². The molecule has 122 valence electrons. The second kappa shape index (κ2) is 7.05. The van der Waals surface area contributed by atoms with Gasteiger partial charge < -0.3 is 40.4 Å². The summed E-state index contributed by atoms with van der Waals surface area (Å²) in [4.78, 5) is 2.94. The van der Waals surface area contributed by atoms with Crippen LogP contribution < -0.4 is 0 Å². The largest absolute Gasteiger partial charge is 0.506 e. The zero-order valence-electron chi connectivity index (χ0n) is 11.6. The van der Waals surface area contributed by atoms with E-state index in [0.29, 0.717) is 5.75 Å². The van der Waals surface area contributed by atoms with Crippen LogP contribution >= 0.6 is 0 Å². The van der Waals surface area contributed by atoms with E-state index < -0.39 is 37.3 Å². The summed E-state index contributed by atoms with van der Waals surface area (Å²) >= 11 is 0. The fourth-order valence-electron chi connectivity index (χ4n) is 2.14. The molecule has 1 saturated heterocycles. The molecule has 0 aliphatic carbocycles. The molecule has 0 radical (unpaired) electrons. The highest BCUT2D eigenvalue weighted by atomic mass is 16.6. The molecule has 8 nitrogen and oxygen atoms in total. The number of aliphatic hydroxyl groups excluding tert-OH is 5. The second-order valence-electron chi connectivity index (χ2n) is 4.94. The first-order valence-corrected chi connectivity index (χ1v) is 6.69. The Hall–Kier alpha value is -1.68. The van der Waals surface area contributed by atoms with Gasteiger partial charge >= 0.3 is 0 Å². The highest BCUT2D eigenvalue weighted by molar-refractivity contribution is 5.85. The Morgan fingerprint density at radius 1 is 1.00 bits per heavy atom. The molecule has 0 bridgehead atoms. The van der Waals surface area contributed by atoms with E-state index in [-0.39, 0.29) is 0 Å². The van der Waals surface area contributed by atoms with E-state index in [1.807, 2.05) is 24.3 Å². The number of aromatic amines is 1. The number of nitrogens with one attached hydrogen (secondary N) is 1. The van der Waals surface area contributed by atoms with Crippen LogP contribution in [0, 0.1) is 0 Å². The summed E-state index contributed by atoms with van der Waals surface area (Å²) in [5, 5.41) is 54.7. The molecular formula is C14H19NO7. The van der Waals surface area contributed by atoms with Crippen molar-refractivity contribution in [2.75, 3.05) is 6.61 Å². The second-order valence-corrected chi connectivity index (χ2v) is 4.94. The molecule has 22 heavy (non-hydrogen) atoms. The summed E-state index contributed by atoms with van der Waals surface area (Å²) in [6.45, 7) is -0.526. The smallest absolute Gasteiger partial charge is 0.184 e. The maximum atomic E-state index is 9.18. The van der Waals surface area contributed by atoms with Gasteiger partial charge in [-0.2, -0.15) is 0 Å². The molecule has 0 unspecified atom stereocenters. The fourth-order valence-corrected chi connectivity index (χ4v) is 2.14. The number of aliphatic hydroxyl groups is 5. The molecular weight excluding hydrogens is 294 g/mol. The van der Waals surface area contributed by atoms with Crippen LogP contribution in [-0.4, -0.2) is 72.9 Å². The SMILES string of the molecule is OC[C@H]1O[C@@H](O)[C@H](O)[C@@H](O)[C@H]1O.Oc1c[nH]c2ccccc12. The van der Waals surface area contributed by atoms with Crippen LogP contribution in [0.4, 0.5) is 0 Å². The lowest BCUT2D eigenvalue weighted by Crippen LogP contribution is -2.58. The van der Waals surface area contributed by atoms with Crippen molar-refractivity contribution in [2.24, 2.45) is 0 Å². The Kier molecular flexibility index (Phi) is 5.35. The Balaban J connectivity index is 0.000000162. The number of fused-ring (bicyclic) bond motifs is 1. The van der Waals surface area contributed by atoms with Crippen LogP contribution in [0.2, 0.25) is 0 Å². The van der Waals surface area contributed by atoms with Crippen molar-refractivity contribution >= 4 is 10.9 Å². The van der Waals surface area contributed by atoms with Gasteiger partial charge in [0.1, 0.15) is 30.2 Å². The first-order valence-electron chi connectivity index (χ1n) is 6.69. The highest BCUT2D eigenvalue weighted by Gasteiger charge is 2.42. The third kappa shape index (κ3) is 3.38. The molecule has 1 aromatic carbocycles. The van der Waals surface area contributed by atoms with Crippen molar-refractivity contribution in [1.29, 1.82) is 0 Å². The van der Waals surface area contributed by atoms with E-state index >= 15 is 0 Å². The fraction of sp³-hybridized carbons (Fsp3) is 0.429. The number of hydrogen-bond donors (Lipinski definition) is 7. The molecule has 7 N–H and O–H groups in total. The molecule has 3 rings (SSSR count). The minimum Gasteiger partial charge on any atom is -0.506 e. The van der Waals surface area contributed by atoms with Gasteiger partial charge in [0.2, 0.25) is 0 Å². The van der Waals surface area contributed by atoms with Crippen molar-refractivity contribution in [2.45, 2.75) is 30.7 Å². The summed E-state index contributed by atoms with van der Waals surface area (Å²) in [7, 11) is 0. The van der Waals surface area contributed by atoms with Crippen molar-refractivity contribution in [3.63, 3.8) is 0 Å². The average Bonchev–Trinajstić information content (AvgIpc) is 2.91. The Labute approximate surface area is 125 Å². The summed E-state index contributed by atoms with van der Waals surface area (Å²) in [5.74, 6) is 0.315. The molecule has 8 heteroatoms. The first-order chi connectivity index (χ1) is 10.5. The predicted molar refractivity (Wildman–Crippen MR) is 75.9 cm³/mol. The van der Waals surface area contributed by atoms with Crippen LogP contribution in [-0.2, 0) is 4.74 Å². The van der Waals surface area contributed by atoms with Gasteiger partial charge in [-0.25, -0.2) is 0 Å². The number of para-hydroxylation sites is 1. The number of ether oxygens (including phenoxy) is 1. The number of aromatic nitrogens is 1. The number of rotatable bonds is 1. The van der Waals surface area contributed by atoms with Crippen molar-refractivity contribution in [3.8, 4) is 5.75 Å². The van der Waals surface area contributed by atoms with E-state index in [1.165, 1.54) is 0 Å². The van der Waals surface area contributed by atoms with Gasteiger partial charge in [-0.1, -0.05) is 12.1 Å². The summed E-state index contributed by atoms with van der Waals surface area (Å²) in [5.41, 5.74) is 0.972. The quantitative estimate of drug-likeness (QED) is 0.344. The molecule has 1 aliphatic rings. The van der Waals surface area contributed by atoms with E-state index in [1.54, 1.807) is 6.20 Å². The number of hydrogen-bond acceptors (Lipinski definition) is 7. The topological polar surface area (TPSA) is 146 Å². The maximum Gasteiger partial charge on any atom is 0.184 e. The van der Waals surface area contributed by atoms with Gasteiger partial charge in [-0.15, -0.1) is 0 Å². The molecule has 1 fully saturated rings. The van der Waals surface area contributed by atoms with Gasteiger partial charge in [0.25, 0.3) is 0 Å². The summed E-state index contributed by atoms with van der Waals surface area (Å²) in [6.07, 6.45) is -5.45. The Bertz CT molecular complexity index is 597. The number of benzene rings is 1. The van der Waals surface area contributed by atoms with Crippen LogP contribution in [0.3, 0.4) is 0 Å². The van der Waals surface area contributed by atoms with Gasteiger partial charge in [-0.3, -0.25) is 0 Å². The van der Waals surface area contributed by atoms with Gasteiger partial charge in [0, 0.05) is 17.1 Å². The molecule has 5 atom stereocenters. The standard InChI is InChI=1S/C8H7NO.C6H12O6/c10-8-5-9-7-4-2-1-3-6(7)8;7-1-2-3(8)4(9)5(10)6(11)12-2/h1-5,9-10H;2-11H,1H2/t;2-,3+,4+,5-,6-/m.1/s1. The minimum absolute atomic E-state index is 0.315. The third-order valence-electron chi connectivity index (χ3n) is 3.43. The van der Waals surface area contributed by atoms with Crippen LogP contribution in [0.5, 0.6) is 5.75 Å². The predicted octanol–water partition coefficient (Wildman–Crippen LogP) is -1.35. The van der Waals surface area contributed by atoms with Crippen molar-refractivity contribution in [3.05, 3.63) is 30.5 Å². The van der Waals surface area contributed by atoms with Crippen molar-refractivity contribution < 1.29 is 35.4 Å². The molecule has 1 aromatic heterocycles. The molecule has 0 spiro atoms. The number of H-pyrrole nitrogens is 1. The molecule has 0 amide bonds. The highest BCUT2D eigenvalue weighted by Crippen LogP contribution is 2.22. The van der Waals surface area contributed by atoms with E-state index in [4.69, 9.17) is 25.5 Å². The lowest BCUT2D eigenvalue weighted by Gasteiger charge is -2.37. The van der Waals surface area contributed by atoms with Crippen LogP contribution in [0.25, 0.3) is 10.9 Å². The van der Waals surface area contributed by atoms with Gasteiger partial charge in [0.15, 0.2) is 6.29 Å². The summed E-state index contributed by atoms with van der Waals surface area (Å²) < 4.78 is 4.58. The Morgan fingerprint density at radius 2 is 1.68 bits per heavy atom. The van der Waals surface area contributed by atoms with Gasteiger partial charge in [0.05, 0.1) is 6.61 Å². The third-order valence-corrected chi connectivity index (χ3v) is 3.43. The molecule has 1 aliphatic heterocycles. The Morgan fingerprint density at radius 3 is 2.32 bits per heavy atom. The first kappa shape index (κ1) is 16.7. The maximum absolute atomic E-state index is 9.18. The zero-order chi connectivity index (χ0) is 16.3. The number of aromatic hydroxyl groups is 1. The summed E-state index contributed by atoms with van der Waals surface area (Å²) in [6, 6.07) is 7.63.